The van der Waals surface area contributed by atoms with E-state index in [4.69, 9.17) is 17.3 Å². The summed E-state index contributed by atoms with van der Waals surface area (Å²) >= 11 is 5.88. The van der Waals surface area contributed by atoms with Crippen molar-refractivity contribution in [3.8, 4) is 11.3 Å². The van der Waals surface area contributed by atoms with Gasteiger partial charge in [0.05, 0.1) is 5.69 Å². The van der Waals surface area contributed by atoms with E-state index in [1.54, 1.807) is 18.2 Å². The van der Waals surface area contributed by atoms with E-state index < -0.39 is 0 Å². The van der Waals surface area contributed by atoms with Crippen molar-refractivity contribution in [2.75, 3.05) is 6.54 Å². The largest absolute Gasteiger partial charge is 0.335 e. The summed E-state index contributed by atoms with van der Waals surface area (Å²) < 4.78 is 0. The number of nitrogens with zero attached hydrogens (tertiary/aromatic N) is 2. The van der Waals surface area contributed by atoms with E-state index in [1.165, 1.54) is 0 Å². The molecule has 0 spiro atoms. The summed E-state index contributed by atoms with van der Waals surface area (Å²) in [7, 11) is 0. The third-order valence-corrected chi connectivity index (χ3v) is 4.38. The number of benzene rings is 1. The maximum atomic E-state index is 12.6. The van der Waals surface area contributed by atoms with Gasteiger partial charge in [0.1, 0.15) is 5.69 Å². The highest BCUT2D eigenvalue weighted by Crippen LogP contribution is 2.22. The van der Waals surface area contributed by atoms with Gasteiger partial charge in [-0.05, 0) is 38.0 Å². The number of likely N-dealkylation sites (tertiary alicyclic amines) is 1. The number of aromatic nitrogens is 2. The SMILES string of the molecule is CC1CC(N)CCN1C(=O)c1cc(-c2ccc(Cl)cc2)n[nH]1. The van der Waals surface area contributed by atoms with Gasteiger partial charge in [-0.1, -0.05) is 23.7 Å². The average Bonchev–Trinajstić information content (AvgIpc) is 2.97. The van der Waals surface area contributed by atoms with Crippen LogP contribution in [0, 0.1) is 0 Å². The zero-order chi connectivity index (χ0) is 15.7. The molecule has 0 aliphatic carbocycles. The van der Waals surface area contributed by atoms with E-state index in [0.717, 1.165) is 24.1 Å². The van der Waals surface area contributed by atoms with Crippen LogP contribution in [0.15, 0.2) is 30.3 Å². The van der Waals surface area contributed by atoms with Gasteiger partial charge in [0.15, 0.2) is 0 Å². The highest BCUT2D eigenvalue weighted by Gasteiger charge is 2.28. The summed E-state index contributed by atoms with van der Waals surface area (Å²) in [5.41, 5.74) is 8.12. The van der Waals surface area contributed by atoms with Crippen LogP contribution in [0.4, 0.5) is 0 Å². The molecule has 1 saturated heterocycles. The molecule has 1 aliphatic rings. The molecule has 3 N–H and O–H groups in total. The molecule has 2 aromatic rings. The minimum atomic E-state index is -0.0212. The number of H-pyrrole nitrogens is 1. The first-order valence-corrected chi connectivity index (χ1v) is 7.80. The van der Waals surface area contributed by atoms with Crippen molar-refractivity contribution in [1.29, 1.82) is 0 Å². The molecule has 2 unspecified atom stereocenters. The minimum absolute atomic E-state index is 0.0212. The second kappa shape index (κ2) is 6.10. The van der Waals surface area contributed by atoms with Gasteiger partial charge in [-0.25, -0.2) is 0 Å². The van der Waals surface area contributed by atoms with Crippen LogP contribution in [0.5, 0.6) is 0 Å². The summed E-state index contributed by atoms with van der Waals surface area (Å²) in [6.45, 7) is 2.73. The first-order chi connectivity index (χ1) is 10.5. The molecule has 1 fully saturated rings. The summed E-state index contributed by atoms with van der Waals surface area (Å²) in [5.74, 6) is -0.0212. The Bertz CT molecular complexity index is 667. The van der Waals surface area contributed by atoms with Crippen molar-refractivity contribution >= 4 is 17.5 Å². The lowest BCUT2D eigenvalue weighted by atomic mass is 9.99. The van der Waals surface area contributed by atoms with Crippen LogP contribution in [-0.4, -0.2) is 39.6 Å². The Kier molecular flexibility index (Phi) is 4.18. The van der Waals surface area contributed by atoms with Gasteiger partial charge in [-0.2, -0.15) is 5.10 Å². The first-order valence-electron chi connectivity index (χ1n) is 7.42. The van der Waals surface area contributed by atoms with Crippen molar-refractivity contribution in [2.24, 2.45) is 5.73 Å². The Hall–Kier alpha value is -1.85. The number of carbonyl (C=O) groups excluding carboxylic acids is 1. The van der Waals surface area contributed by atoms with Gasteiger partial charge in [-0.3, -0.25) is 9.89 Å². The second-order valence-corrected chi connectivity index (χ2v) is 6.24. The zero-order valence-corrected chi connectivity index (χ0v) is 13.2. The predicted molar refractivity (Wildman–Crippen MR) is 86.7 cm³/mol. The standard InChI is InChI=1S/C16H19ClN4O/c1-10-8-13(18)6-7-21(10)16(22)15-9-14(19-20-15)11-2-4-12(17)5-3-11/h2-5,9-10,13H,6-8,18H2,1H3,(H,19,20). The maximum absolute atomic E-state index is 12.6. The molecule has 3 rings (SSSR count). The fraction of sp³-hybridized carbons (Fsp3) is 0.375. The van der Waals surface area contributed by atoms with Crippen molar-refractivity contribution in [1.82, 2.24) is 15.1 Å². The van der Waals surface area contributed by atoms with Crippen molar-refractivity contribution in [2.45, 2.75) is 31.8 Å². The van der Waals surface area contributed by atoms with Gasteiger partial charge >= 0.3 is 0 Å². The van der Waals surface area contributed by atoms with Crippen molar-refractivity contribution in [3.63, 3.8) is 0 Å². The fourth-order valence-electron chi connectivity index (χ4n) is 2.86. The molecule has 1 aromatic heterocycles. The van der Waals surface area contributed by atoms with Crippen LogP contribution in [0.2, 0.25) is 5.02 Å². The number of rotatable bonds is 2. The van der Waals surface area contributed by atoms with Crippen LogP contribution in [0.25, 0.3) is 11.3 Å². The number of nitrogens with two attached hydrogens (primary N) is 1. The highest BCUT2D eigenvalue weighted by atomic mass is 35.5. The molecule has 0 radical (unpaired) electrons. The summed E-state index contributed by atoms with van der Waals surface area (Å²) in [5, 5.41) is 7.75. The van der Waals surface area contributed by atoms with Gasteiger partial charge in [-0.15, -0.1) is 0 Å². The van der Waals surface area contributed by atoms with Crippen molar-refractivity contribution in [3.05, 3.63) is 41.0 Å². The Morgan fingerprint density at radius 1 is 1.41 bits per heavy atom. The molecule has 0 saturated carbocycles. The molecule has 2 heterocycles. The molecule has 0 bridgehead atoms. The predicted octanol–water partition coefficient (Wildman–Crippen LogP) is 2.68. The smallest absolute Gasteiger partial charge is 0.272 e. The molecule has 1 aromatic carbocycles. The summed E-state index contributed by atoms with van der Waals surface area (Å²) in [6, 6.07) is 9.50. The third-order valence-electron chi connectivity index (χ3n) is 4.13. The lowest BCUT2D eigenvalue weighted by Gasteiger charge is -2.36. The summed E-state index contributed by atoms with van der Waals surface area (Å²) in [4.78, 5) is 14.5. The number of nitrogens with one attached hydrogen (secondary N) is 1. The lowest BCUT2D eigenvalue weighted by molar-refractivity contribution is 0.0613. The number of piperidine rings is 1. The molecule has 116 valence electrons. The first kappa shape index (κ1) is 15.1. The Morgan fingerprint density at radius 3 is 2.82 bits per heavy atom. The topological polar surface area (TPSA) is 75.0 Å². The van der Waals surface area contributed by atoms with Crippen LogP contribution in [0.3, 0.4) is 0 Å². The van der Waals surface area contributed by atoms with Crippen molar-refractivity contribution < 1.29 is 4.79 Å². The van der Waals surface area contributed by atoms with E-state index in [2.05, 4.69) is 10.2 Å². The number of hydrogen-bond donors (Lipinski definition) is 2. The molecule has 2 atom stereocenters. The molecule has 1 aliphatic heterocycles. The fourth-order valence-corrected chi connectivity index (χ4v) is 2.99. The van der Waals surface area contributed by atoms with E-state index in [-0.39, 0.29) is 18.0 Å². The highest BCUT2D eigenvalue weighted by molar-refractivity contribution is 6.30. The normalized spacial score (nSPS) is 21.9. The van der Waals surface area contributed by atoms with Gasteiger partial charge in [0.2, 0.25) is 0 Å². The molecule has 5 nitrogen and oxygen atoms in total. The number of hydrogen-bond acceptors (Lipinski definition) is 3. The minimum Gasteiger partial charge on any atom is -0.335 e. The molecular formula is C16H19ClN4O. The second-order valence-electron chi connectivity index (χ2n) is 5.81. The van der Waals surface area contributed by atoms with Crippen LogP contribution >= 0.6 is 11.6 Å². The number of amides is 1. The van der Waals surface area contributed by atoms with Crippen LogP contribution < -0.4 is 5.73 Å². The molecule has 1 amide bonds. The van der Waals surface area contributed by atoms with E-state index in [1.807, 2.05) is 24.0 Å². The molecular weight excluding hydrogens is 300 g/mol. The third kappa shape index (κ3) is 3.00. The monoisotopic (exact) mass is 318 g/mol. The van der Waals surface area contributed by atoms with E-state index in [9.17, 15) is 4.79 Å². The van der Waals surface area contributed by atoms with E-state index in [0.29, 0.717) is 17.3 Å². The van der Waals surface area contributed by atoms with E-state index >= 15 is 0 Å². The van der Waals surface area contributed by atoms with Crippen LogP contribution in [0.1, 0.15) is 30.3 Å². The van der Waals surface area contributed by atoms with Gasteiger partial charge in [0.25, 0.3) is 5.91 Å². The van der Waals surface area contributed by atoms with Crippen LogP contribution in [-0.2, 0) is 0 Å². The maximum Gasteiger partial charge on any atom is 0.272 e. The Balaban J connectivity index is 1.78. The number of aromatic amines is 1. The summed E-state index contributed by atoms with van der Waals surface area (Å²) in [6.07, 6.45) is 1.68. The average molecular weight is 319 g/mol. The quantitative estimate of drug-likeness (QED) is 0.894. The zero-order valence-electron chi connectivity index (χ0n) is 12.4. The molecule has 6 heteroatoms. The lowest BCUT2D eigenvalue weighted by Crippen LogP contribution is -2.48. The number of halogens is 1. The van der Waals surface area contributed by atoms with Gasteiger partial charge in [0, 0.05) is 29.2 Å². The Morgan fingerprint density at radius 2 is 2.14 bits per heavy atom. The van der Waals surface area contributed by atoms with Gasteiger partial charge < -0.3 is 10.6 Å². The molecule has 22 heavy (non-hydrogen) atoms. The Labute approximate surface area is 134 Å². The number of carbonyl (C=O) groups is 1.